The zero-order valence-electron chi connectivity index (χ0n) is 11.1. The monoisotopic (exact) mass is 285 g/mol. The Hall–Kier alpha value is -3.03. The van der Waals surface area contributed by atoms with Gasteiger partial charge in [0, 0.05) is 0 Å². The van der Waals surface area contributed by atoms with Gasteiger partial charge in [-0.3, -0.25) is 14.2 Å². The quantitative estimate of drug-likeness (QED) is 0.636. The summed E-state index contributed by atoms with van der Waals surface area (Å²) in [5.41, 5.74) is 0.753. The molecule has 0 unspecified atom stereocenters. The third-order valence-electron chi connectivity index (χ3n) is 2.96. The normalized spacial score (nSPS) is 10.7. The van der Waals surface area contributed by atoms with Crippen LogP contribution >= 0.6 is 0 Å². The summed E-state index contributed by atoms with van der Waals surface area (Å²) in [5.74, 6) is -0.534. The number of fused-ring (bicyclic) bond motifs is 1. The molecule has 2 aromatic heterocycles. The van der Waals surface area contributed by atoms with Crippen molar-refractivity contribution in [3.05, 3.63) is 47.0 Å². The fraction of sp³-hybridized carbons (Fsp3) is 0.154. The van der Waals surface area contributed by atoms with Gasteiger partial charge in [-0.1, -0.05) is 23.4 Å². The standard InChI is InChI=1S/C13H11N5O3/c1-21-10(19)7-17-8-14-12-11(13(17)20)15-16-18(12)9-5-3-2-4-6-9/h2-6,8H,7H2,1H3. The van der Waals surface area contributed by atoms with Gasteiger partial charge in [0.25, 0.3) is 5.56 Å². The summed E-state index contributed by atoms with van der Waals surface area (Å²) >= 11 is 0. The van der Waals surface area contributed by atoms with Gasteiger partial charge in [-0.15, -0.1) is 5.10 Å². The maximum atomic E-state index is 12.2. The largest absolute Gasteiger partial charge is 0.468 e. The molecule has 0 aliphatic rings. The predicted octanol–water partition coefficient (Wildman–Crippen LogP) is 0.150. The molecule has 0 saturated carbocycles. The molecule has 3 aromatic rings. The first-order chi connectivity index (χ1) is 10.2. The Kier molecular flexibility index (Phi) is 3.19. The number of benzene rings is 1. The molecule has 0 bridgehead atoms. The number of esters is 1. The average molecular weight is 285 g/mol. The van der Waals surface area contributed by atoms with Crippen LogP contribution in [0.3, 0.4) is 0 Å². The lowest BCUT2D eigenvalue weighted by molar-refractivity contribution is -0.141. The molecule has 0 amide bonds. The summed E-state index contributed by atoms with van der Waals surface area (Å²) in [6, 6.07) is 9.23. The van der Waals surface area contributed by atoms with Crippen molar-refractivity contribution in [3.8, 4) is 5.69 Å². The van der Waals surface area contributed by atoms with Crippen LogP contribution in [0, 0.1) is 0 Å². The molecule has 0 N–H and O–H groups in total. The maximum Gasteiger partial charge on any atom is 0.325 e. The number of nitrogens with zero attached hydrogens (tertiary/aromatic N) is 5. The Balaban J connectivity index is 2.11. The lowest BCUT2D eigenvalue weighted by Crippen LogP contribution is -2.25. The highest BCUT2D eigenvalue weighted by atomic mass is 16.5. The number of rotatable bonds is 3. The van der Waals surface area contributed by atoms with Gasteiger partial charge < -0.3 is 4.74 Å². The topological polar surface area (TPSA) is 91.9 Å². The summed E-state index contributed by atoms with van der Waals surface area (Å²) in [7, 11) is 1.25. The van der Waals surface area contributed by atoms with Crippen LogP contribution in [0.15, 0.2) is 41.5 Å². The fourth-order valence-corrected chi connectivity index (χ4v) is 1.90. The van der Waals surface area contributed by atoms with Gasteiger partial charge in [0.2, 0.25) is 0 Å². The molecule has 0 aliphatic heterocycles. The molecule has 8 heteroatoms. The number of carbonyl (C=O) groups is 1. The Bertz CT molecular complexity index is 853. The molecular formula is C13H11N5O3. The van der Waals surface area contributed by atoms with E-state index in [4.69, 9.17) is 0 Å². The minimum Gasteiger partial charge on any atom is -0.468 e. The molecule has 3 rings (SSSR count). The number of para-hydroxylation sites is 1. The molecule has 8 nitrogen and oxygen atoms in total. The van der Waals surface area contributed by atoms with Crippen molar-refractivity contribution in [2.75, 3.05) is 7.11 Å². The van der Waals surface area contributed by atoms with E-state index in [0.29, 0.717) is 5.65 Å². The highest BCUT2D eigenvalue weighted by molar-refractivity contribution is 5.72. The molecule has 0 radical (unpaired) electrons. The lowest BCUT2D eigenvalue weighted by atomic mass is 10.3. The van der Waals surface area contributed by atoms with Gasteiger partial charge in [0.1, 0.15) is 12.9 Å². The lowest BCUT2D eigenvalue weighted by Gasteiger charge is -2.03. The van der Waals surface area contributed by atoms with Crippen molar-refractivity contribution >= 4 is 17.1 Å². The minimum atomic E-state index is -0.534. The van der Waals surface area contributed by atoms with E-state index in [0.717, 1.165) is 10.3 Å². The fourth-order valence-electron chi connectivity index (χ4n) is 1.90. The van der Waals surface area contributed by atoms with Gasteiger partial charge >= 0.3 is 5.97 Å². The highest BCUT2D eigenvalue weighted by Crippen LogP contribution is 2.10. The van der Waals surface area contributed by atoms with E-state index in [2.05, 4.69) is 20.0 Å². The van der Waals surface area contributed by atoms with Gasteiger partial charge in [-0.25, -0.2) is 4.98 Å². The van der Waals surface area contributed by atoms with Crippen LogP contribution in [-0.4, -0.2) is 37.6 Å². The second kappa shape index (κ2) is 5.16. The second-order valence-corrected chi connectivity index (χ2v) is 4.26. The summed E-state index contributed by atoms with van der Waals surface area (Å²) < 4.78 is 7.14. The first kappa shape index (κ1) is 13.0. The van der Waals surface area contributed by atoms with Crippen LogP contribution in [0.5, 0.6) is 0 Å². The number of methoxy groups -OCH3 is 1. The smallest absolute Gasteiger partial charge is 0.325 e. The zero-order valence-corrected chi connectivity index (χ0v) is 11.1. The van der Waals surface area contributed by atoms with Crippen molar-refractivity contribution in [2.24, 2.45) is 0 Å². The van der Waals surface area contributed by atoms with E-state index < -0.39 is 11.5 Å². The summed E-state index contributed by atoms with van der Waals surface area (Å²) in [4.78, 5) is 27.6. The third kappa shape index (κ3) is 2.27. The Morgan fingerprint density at radius 2 is 2.05 bits per heavy atom. The average Bonchev–Trinajstić information content (AvgIpc) is 2.95. The number of hydrogen-bond donors (Lipinski definition) is 0. The molecule has 0 saturated heterocycles. The van der Waals surface area contributed by atoms with Crippen molar-refractivity contribution in [2.45, 2.75) is 6.54 Å². The van der Waals surface area contributed by atoms with Crippen LogP contribution in [0.4, 0.5) is 0 Å². The SMILES string of the molecule is COC(=O)Cn1cnc2c(nnn2-c2ccccc2)c1=O. The molecule has 106 valence electrons. The van der Waals surface area contributed by atoms with Crippen LogP contribution in [-0.2, 0) is 16.1 Å². The highest BCUT2D eigenvalue weighted by Gasteiger charge is 2.14. The summed E-state index contributed by atoms with van der Waals surface area (Å²) in [6.07, 6.45) is 1.28. The second-order valence-electron chi connectivity index (χ2n) is 4.26. The van der Waals surface area contributed by atoms with E-state index in [-0.39, 0.29) is 12.1 Å². The van der Waals surface area contributed by atoms with E-state index in [1.54, 1.807) is 0 Å². The van der Waals surface area contributed by atoms with Crippen molar-refractivity contribution in [3.63, 3.8) is 0 Å². The van der Waals surface area contributed by atoms with E-state index in [1.165, 1.54) is 18.1 Å². The van der Waals surface area contributed by atoms with Crippen LogP contribution in [0.25, 0.3) is 16.9 Å². The van der Waals surface area contributed by atoms with Crippen LogP contribution in [0.2, 0.25) is 0 Å². The Morgan fingerprint density at radius 1 is 1.29 bits per heavy atom. The molecule has 0 fully saturated rings. The van der Waals surface area contributed by atoms with E-state index in [1.807, 2.05) is 30.3 Å². The van der Waals surface area contributed by atoms with Crippen molar-refractivity contribution < 1.29 is 9.53 Å². The first-order valence-electron chi connectivity index (χ1n) is 6.14. The number of carbonyl (C=O) groups excluding carboxylic acids is 1. The molecular weight excluding hydrogens is 274 g/mol. The molecule has 0 atom stereocenters. The van der Waals surface area contributed by atoms with E-state index >= 15 is 0 Å². The van der Waals surface area contributed by atoms with Gasteiger partial charge in [-0.05, 0) is 12.1 Å². The van der Waals surface area contributed by atoms with E-state index in [9.17, 15) is 9.59 Å². The van der Waals surface area contributed by atoms with Gasteiger partial charge in [0.05, 0.1) is 12.8 Å². The Morgan fingerprint density at radius 3 is 2.76 bits per heavy atom. The Labute approximate surface area is 118 Å². The van der Waals surface area contributed by atoms with Gasteiger partial charge in [-0.2, -0.15) is 4.68 Å². The molecule has 0 aliphatic carbocycles. The number of ether oxygens (including phenoxy) is 1. The third-order valence-corrected chi connectivity index (χ3v) is 2.96. The maximum absolute atomic E-state index is 12.2. The molecule has 21 heavy (non-hydrogen) atoms. The van der Waals surface area contributed by atoms with Crippen LogP contribution in [0.1, 0.15) is 0 Å². The molecule has 2 heterocycles. The van der Waals surface area contributed by atoms with Crippen molar-refractivity contribution in [1.29, 1.82) is 0 Å². The summed E-state index contributed by atoms with van der Waals surface area (Å²) in [6.45, 7) is -0.212. The van der Waals surface area contributed by atoms with Crippen molar-refractivity contribution in [1.82, 2.24) is 24.5 Å². The summed E-state index contributed by atoms with van der Waals surface area (Å²) in [5, 5.41) is 7.79. The van der Waals surface area contributed by atoms with Crippen LogP contribution < -0.4 is 5.56 Å². The minimum absolute atomic E-state index is 0.102. The predicted molar refractivity (Wildman–Crippen MR) is 72.9 cm³/mol. The zero-order chi connectivity index (χ0) is 14.8. The number of aromatic nitrogens is 5. The van der Waals surface area contributed by atoms with Gasteiger partial charge in [0.15, 0.2) is 11.2 Å². The molecule has 0 spiro atoms. The first-order valence-corrected chi connectivity index (χ1v) is 6.14. The number of hydrogen-bond acceptors (Lipinski definition) is 6. The molecule has 1 aromatic carbocycles.